The molecule has 0 spiro atoms. The molecule has 0 aromatic heterocycles. The van der Waals surface area contributed by atoms with Crippen molar-refractivity contribution in [2.75, 3.05) is 13.6 Å². The van der Waals surface area contributed by atoms with Gasteiger partial charge >= 0.3 is 0 Å². The maximum atomic E-state index is 11.1. The fraction of sp³-hybridized carbons (Fsp3) is 0.417. The monoisotopic (exact) mass is 273 g/mol. The minimum atomic E-state index is -0.633. The Bertz CT molecular complexity index is 362. The summed E-state index contributed by atoms with van der Waals surface area (Å²) in [5.74, 6) is 4.74. The molecule has 0 saturated heterocycles. The van der Waals surface area contributed by atoms with Crippen LogP contribution in [0.4, 0.5) is 0 Å². The molecule has 0 fully saturated rings. The summed E-state index contributed by atoms with van der Waals surface area (Å²) in [5, 5.41) is 10.1. The number of aliphatic hydroxyl groups excluding tert-OH is 1. The summed E-state index contributed by atoms with van der Waals surface area (Å²) in [6.45, 7) is 2.02. The third-order valence-corrected chi connectivity index (χ3v) is 2.85. The predicted octanol–water partition coefficient (Wildman–Crippen LogP) is 0.452. The van der Waals surface area contributed by atoms with Crippen LogP contribution in [0.1, 0.15) is 18.6 Å². The van der Waals surface area contributed by atoms with E-state index in [2.05, 4.69) is 5.43 Å². The van der Waals surface area contributed by atoms with E-state index in [4.69, 9.17) is 5.84 Å². The fourth-order valence-electron chi connectivity index (χ4n) is 1.59. The zero-order chi connectivity index (χ0) is 12.8. The maximum absolute atomic E-state index is 11.1. The summed E-state index contributed by atoms with van der Waals surface area (Å²) >= 11 is 0. The molecule has 18 heavy (non-hydrogen) atoms. The Balaban J connectivity index is 0.00000289. The molecule has 2 atom stereocenters. The van der Waals surface area contributed by atoms with E-state index in [1.807, 2.05) is 37.3 Å². The first-order valence-electron chi connectivity index (χ1n) is 5.49. The molecule has 0 heterocycles. The smallest absolute Gasteiger partial charge is 0.248 e. The third kappa shape index (κ3) is 4.62. The molecule has 102 valence electrons. The van der Waals surface area contributed by atoms with Crippen molar-refractivity contribution in [3.63, 3.8) is 0 Å². The Morgan fingerprint density at radius 2 is 2.00 bits per heavy atom. The highest BCUT2D eigenvalue weighted by molar-refractivity contribution is 5.85. The average molecular weight is 274 g/mol. The zero-order valence-electron chi connectivity index (χ0n) is 10.5. The van der Waals surface area contributed by atoms with Crippen molar-refractivity contribution < 1.29 is 9.90 Å². The molecule has 1 aromatic rings. The van der Waals surface area contributed by atoms with Crippen molar-refractivity contribution >= 4 is 18.3 Å². The SMILES string of the molecule is C[C@@H]([C@@H](O)c1ccccc1)N(C)CC(=O)NN.Cl. The van der Waals surface area contributed by atoms with Gasteiger partial charge < -0.3 is 5.11 Å². The summed E-state index contributed by atoms with van der Waals surface area (Å²) < 4.78 is 0. The fourth-order valence-corrected chi connectivity index (χ4v) is 1.59. The van der Waals surface area contributed by atoms with Gasteiger partial charge in [-0.15, -0.1) is 12.4 Å². The molecule has 1 amide bonds. The van der Waals surface area contributed by atoms with Crippen molar-refractivity contribution in [3.8, 4) is 0 Å². The summed E-state index contributed by atoms with van der Waals surface area (Å²) in [6, 6.07) is 9.19. The topological polar surface area (TPSA) is 78.6 Å². The molecule has 0 saturated carbocycles. The summed E-state index contributed by atoms with van der Waals surface area (Å²) in [5.41, 5.74) is 2.90. The highest BCUT2D eigenvalue weighted by atomic mass is 35.5. The van der Waals surface area contributed by atoms with E-state index in [9.17, 15) is 9.90 Å². The number of likely N-dealkylation sites (N-methyl/N-ethyl adjacent to an activating group) is 1. The number of halogens is 1. The Labute approximate surface area is 113 Å². The normalized spacial score (nSPS) is 13.6. The van der Waals surface area contributed by atoms with Crippen LogP contribution in [0.3, 0.4) is 0 Å². The van der Waals surface area contributed by atoms with Crippen LogP contribution < -0.4 is 11.3 Å². The number of nitrogens with one attached hydrogen (secondary N) is 1. The van der Waals surface area contributed by atoms with Gasteiger partial charge in [0.2, 0.25) is 5.91 Å². The quantitative estimate of drug-likeness (QED) is 0.414. The van der Waals surface area contributed by atoms with E-state index >= 15 is 0 Å². The highest BCUT2D eigenvalue weighted by Gasteiger charge is 2.21. The van der Waals surface area contributed by atoms with Crippen LogP contribution in [-0.4, -0.2) is 35.5 Å². The molecule has 6 heteroatoms. The number of aliphatic hydroxyl groups is 1. The van der Waals surface area contributed by atoms with Crippen molar-refractivity contribution in [3.05, 3.63) is 35.9 Å². The lowest BCUT2D eigenvalue weighted by molar-refractivity contribution is -0.122. The van der Waals surface area contributed by atoms with Gasteiger partial charge in [-0.1, -0.05) is 30.3 Å². The van der Waals surface area contributed by atoms with Crippen LogP contribution in [0, 0.1) is 0 Å². The first-order valence-corrected chi connectivity index (χ1v) is 5.49. The van der Waals surface area contributed by atoms with Crippen LogP contribution in [0.5, 0.6) is 0 Å². The third-order valence-electron chi connectivity index (χ3n) is 2.85. The van der Waals surface area contributed by atoms with E-state index in [1.165, 1.54) is 0 Å². The number of amides is 1. The second-order valence-electron chi connectivity index (χ2n) is 4.08. The molecule has 1 rings (SSSR count). The molecule has 0 bridgehead atoms. The second-order valence-corrected chi connectivity index (χ2v) is 4.08. The number of benzene rings is 1. The number of nitrogens with zero attached hydrogens (tertiary/aromatic N) is 1. The van der Waals surface area contributed by atoms with E-state index in [0.717, 1.165) is 5.56 Å². The van der Waals surface area contributed by atoms with Crippen molar-refractivity contribution in [2.24, 2.45) is 5.84 Å². The van der Waals surface area contributed by atoms with Gasteiger partial charge in [0.05, 0.1) is 12.6 Å². The molecule has 0 unspecified atom stereocenters. The Morgan fingerprint density at radius 3 is 2.50 bits per heavy atom. The van der Waals surface area contributed by atoms with E-state index in [-0.39, 0.29) is 30.9 Å². The average Bonchev–Trinajstić information content (AvgIpc) is 2.37. The van der Waals surface area contributed by atoms with Gasteiger partial charge in [0.25, 0.3) is 0 Å². The Hall–Kier alpha value is -1.14. The van der Waals surface area contributed by atoms with Crippen molar-refractivity contribution in [2.45, 2.75) is 19.1 Å². The lowest BCUT2D eigenvalue weighted by Gasteiger charge is -2.28. The number of hydrogen-bond donors (Lipinski definition) is 3. The van der Waals surface area contributed by atoms with Gasteiger partial charge in [-0.2, -0.15) is 0 Å². The summed E-state index contributed by atoms with van der Waals surface area (Å²) in [6.07, 6.45) is -0.633. The van der Waals surface area contributed by atoms with Gasteiger partial charge in [0, 0.05) is 6.04 Å². The van der Waals surface area contributed by atoms with E-state index in [0.29, 0.717) is 0 Å². The van der Waals surface area contributed by atoms with Gasteiger partial charge in [-0.05, 0) is 19.5 Å². The Kier molecular flexibility index (Phi) is 7.54. The lowest BCUT2D eigenvalue weighted by atomic mass is 10.0. The maximum Gasteiger partial charge on any atom is 0.248 e. The lowest BCUT2D eigenvalue weighted by Crippen LogP contribution is -2.43. The van der Waals surface area contributed by atoms with Gasteiger partial charge in [0.15, 0.2) is 0 Å². The number of rotatable bonds is 5. The first-order chi connectivity index (χ1) is 8.06. The van der Waals surface area contributed by atoms with E-state index in [1.54, 1.807) is 11.9 Å². The number of hydrazine groups is 1. The molecular formula is C12H20ClN3O2. The number of carbonyl (C=O) groups is 1. The minimum Gasteiger partial charge on any atom is -0.387 e. The van der Waals surface area contributed by atoms with Crippen LogP contribution in [0.2, 0.25) is 0 Å². The van der Waals surface area contributed by atoms with Gasteiger partial charge in [-0.25, -0.2) is 5.84 Å². The van der Waals surface area contributed by atoms with E-state index < -0.39 is 6.10 Å². The molecule has 0 aliphatic rings. The van der Waals surface area contributed by atoms with Crippen molar-refractivity contribution in [1.29, 1.82) is 0 Å². The molecule has 0 aliphatic carbocycles. The number of carbonyl (C=O) groups excluding carboxylic acids is 1. The van der Waals surface area contributed by atoms with Crippen LogP contribution in [-0.2, 0) is 4.79 Å². The Morgan fingerprint density at radius 1 is 1.44 bits per heavy atom. The van der Waals surface area contributed by atoms with Crippen molar-refractivity contribution in [1.82, 2.24) is 10.3 Å². The number of nitrogens with two attached hydrogens (primary N) is 1. The standard InChI is InChI=1S/C12H19N3O2.ClH/c1-9(15(2)8-11(16)14-13)12(17)10-6-4-3-5-7-10;/h3-7,9,12,17H,8,13H2,1-2H3,(H,14,16);1H/t9-,12+;/m0./s1. The summed E-state index contributed by atoms with van der Waals surface area (Å²) in [4.78, 5) is 12.9. The second kappa shape index (κ2) is 8.05. The van der Waals surface area contributed by atoms with Crippen LogP contribution in [0.25, 0.3) is 0 Å². The van der Waals surface area contributed by atoms with Gasteiger partial charge in [0.1, 0.15) is 0 Å². The molecular weight excluding hydrogens is 254 g/mol. The molecule has 4 N–H and O–H groups in total. The number of hydrogen-bond acceptors (Lipinski definition) is 4. The summed E-state index contributed by atoms with van der Waals surface area (Å²) in [7, 11) is 1.77. The van der Waals surface area contributed by atoms with Crippen LogP contribution >= 0.6 is 12.4 Å². The molecule has 0 radical (unpaired) electrons. The highest BCUT2D eigenvalue weighted by Crippen LogP contribution is 2.19. The van der Waals surface area contributed by atoms with Crippen LogP contribution in [0.15, 0.2) is 30.3 Å². The molecule has 1 aromatic carbocycles. The first kappa shape index (κ1) is 16.9. The predicted molar refractivity (Wildman–Crippen MR) is 73.1 cm³/mol. The molecule has 5 nitrogen and oxygen atoms in total. The van der Waals surface area contributed by atoms with Gasteiger partial charge in [-0.3, -0.25) is 15.1 Å². The largest absolute Gasteiger partial charge is 0.387 e. The minimum absolute atomic E-state index is 0. The zero-order valence-corrected chi connectivity index (χ0v) is 11.4. The molecule has 0 aliphatic heterocycles.